The van der Waals surface area contributed by atoms with Crippen molar-refractivity contribution in [2.45, 2.75) is 11.8 Å². The molecule has 10 heteroatoms. The summed E-state index contributed by atoms with van der Waals surface area (Å²) in [6.45, 7) is 5.30. The molecule has 0 aliphatic carbocycles. The Kier molecular flexibility index (Phi) is 6.12. The molecule has 1 saturated heterocycles. The molecular weight excluding hydrogens is 416 g/mol. The summed E-state index contributed by atoms with van der Waals surface area (Å²) >= 11 is 0. The number of amides is 1. The lowest BCUT2D eigenvalue weighted by molar-refractivity contribution is 0.102. The summed E-state index contributed by atoms with van der Waals surface area (Å²) in [6.07, 6.45) is 1.37. The van der Waals surface area contributed by atoms with Crippen molar-refractivity contribution in [1.29, 1.82) is 0 Å². The first-order chi connectivity index (χ1) is 15.0. The Morgan fingerprint density at radius 2 is 1.77 bits per heavy atom. The molecule has 2 aromatic carbocycles. The largest absolute Gasteiger partial charge is 0.321 e. The molecule has 0 spiro atoms. The quantitative estimate of drug-likeness (QED) is 0.628. The van der Waals surface area contributed by atoms with Crippen molar-refractivity contribution in [3.8, 4) is 5.69 Å². The zero-order valence-electron chi connectivity index (χ0n) is 17.2. The first kappa shape index (κ1) is 21.2. The third-order valence-corrected chi connectivity index (χ3v) is 7.11. The van der Waals surface area contributed by atoms with E-state index in [1.165, 1.54) is 21.4 Å². The van der Waals surface area contributed by atoms with Gasteiger partial charge in [-0.1, -0.05) is 31.2 Å². The molecule has 0 saturated carbocycles. The molecular formula is C21H24N6O3S. The second-order valence-corrected chi connectivity index (χ2v) is 9.11. The fourth-order valence-electron chi connectivity index (χ4n) is 3.42. The molecule has 1 fully saturated rings. The number of rotatable bonds is 6. The number of para-hydroxylation sites is 1. The zero-order chi connectivity index (χ0) is 21.8. The van der Waals surface area contributed by atoms with Gasteiger partial charge < -0.3 is 10.2 Å². The van der Waals surface area contributed by atoms with Crippen LogP contribution >= 0.6 is 0 Å². The van der Waals surface area contributed by atoms with Gasteiger partial charge in [-0.15, -0.1) is 5.10 Å². The van der Waals surface area contributed by atoms with Crippen molar-refractivity contribution in [2.75, 3.05) is 38.0 Å². The Morgan fingerprint density at radius 1 is 1.03 bits per heavy atom. The van der Waals surface area contributed by atoms with Crippen LogP contribution in [0.4, 0.5) is 5.69 Å². The molecule has 0 unspecified atom stereocenters. The van der Waals surface area contributed by atoms with Gasteiger partial charge in [0, 0.05) is 31.9 Å². The van der Waals surface area contributed by atoms with Gasteiger partial charge in [0.2, 0.25) is 10.0 Å². The minimum Gasteiger partial charge on any atom is -0.321 e. The number of anilines is 1. The monoisotopic (exact) mass is 440 g/mol. The van der Waals surface area contributed by atoms with E-state index < -0.39 is 15.9 Å². The fourth-order valence-corrected chi connectivity index (χ4v) is 4.89. The van der Waals surface area contributed by atoms with Crippen LogP contribution in [0.25, 0.3) is 5.69 Å². The summed E-state index contributed by atoms with van der Waals surface area (Å²) in [4.78, 5) is 16.3. The lowest BCUT2D eigenvalue weighted by Gasteiger charge is -2.33. The lowest BCUT2D eigenvalue weighted by Crippen LogP contribution is -2.48. The molecule has 2 heterocycles. The third kappa shape index (κ3) is 4.66. The molecule has 1 aliphatic rings. The van der Waals surface area contributed by atoms with Crippen molar-refractivity contribution in [2.24, 2.45) is 0 Å². The number of sulfonamides is 1. The smallest absolute Gasteiger partial charge is 0.277 e. The van der Waals surface area contributed by atoms with Gasteiger partial charge in [0.25, 0.3) is 5.91 Å². The number of hydrogen-bond acceptors (Lipinski definition) is 6. The van der Waals surface area contributed by atoms with E-state index in [9.17, 15) is 13.2 Å². The molecule has 4 rings (SSSR count). The molecule has 0 radical (unpaired) electrons. The van der Waals surface area contributed by atoms with Crippen LogP contribution in [0, 0.1) is 0 Å². The summed E-state index contributed by atoms with van der Waals surface area (Å²) in [7, 11) is -3.63. The van der Waals surface area contributed by atoms with Crippen molar-refractivity contribution in [3.05, 3.63) is 66.5 Å². The molecule has 9 nitrogen and oxygen atoms in total. The van der Waals surface area contributed by atoms with Gasteiger partial charge in [0.05, 0.1) is 16.8 Å². The molecule has 1 aliphatic heterocycles. The molecule has 1 N–H and O–H groups in total. The molecule has 0 bridgehead atoms. The first-order valence-electron chi connectivity index (χ1n) is 10.1. The van der Waals surface area contributed by atoms with E-state index in [0.717, 1.165) is 12.2 Å². The highest BCUT2D eigenvalue weighted by atomic mass is 32.2. The fraction of sp³-hybridized carbons (Fsp3) is 0.286. The van der Waals surface area contributed by atoms with E-state index in [2.05, 4.69) is 27.3 Å². The number of hydrogen-bond donors (Lipinski definition) is 1. The van der Waals surface area contributed by atoms with Crippen LogP contribution in [0.2, 0.25) is 0 Å². The summed E-state index contributed by atoms with van der Waals surface area (Å²) in [5.74, 6) is -0.465. The van der Waals surface area contributed by atoms with Crippen molar-refractivity contribution in [3.63, 3.8) is 0 Å². The second-order valence-electron chi connectivity index (χ2n) is 7.18. The maximum atomic E-state index is 13.0. The van der Waals surface area contributed by atoms with E-state index in [1.807, 2.05) is 30.3 Å². The Morgan fingerprint density at radius 3 is 2.48 bits per heavy atom. The zero-order valence-corrected chi connectivity index (χ0v) is 18.0. The number of piperazine rings is 1. The third-order valence-electron chi connectivity index (χ3n) is 5.22. The molecule has 162 valence electrons. The number of carbonyl (C=O) groups is 1. The molecule has 3 aromatic rings. The highest BCUT2D eigenvalue weighted by Gasteiger charge is 2.28. The summed E-state index contributed by atoms with van der Waals surface area (Å²) in [5.41, 5.74) is 1.25. The number of aromatic nitrogens is 3. The molecule has 1 aromatic heterocycles. The standard InChI is InChI=1S/C21H24N6O3S/c1-2-25-11-13-26(14-12-25)31(29,30)19-10-6-7-17(15-19)23-21(28)20-16-22-27(24-20)18-8-4-3-5-9-18/h3-10,15-16H,2,11-14H2,1H3,(H,23,28). The Labute approximate surface area is 181 Å². The van der Waals surface area contributed by atoms with E-state index in [-0.39, 0.29) is 10.6 Å². The van der Waals surface area contributed by atoms with Crippen molar-refractivity contribution >= 4 is 21.6 Å². The number of benzene rings is 2. The Hall–Kier alpha value is -3.08. The van der Waals surface area contributed by atoms with E-state index in [0.29, 0.717) is 31.9 Å². The van der Waals surface area contributed by atoms with Crippen LogP contribution in [-0.4, -0.2) is 71.2 Å². The van der Waals surface area contributed by atoms with Crippen molar-refractivity contribution in [1.82, 2.24) is 24.2 Å². The number of likely N-dealkylation sites (N-methyl/N-ethyl adjacent to an activating group) is 1. The normalized spacial score (nSPS) is 15.6. The highest BCUT2D eigenvalue weighted by Crippen LogP contribution is 2.21. The van der Waals surface area contributed by atoms with Gasteiger partial charge >= 0.3 is 0 Å². The number of carbonyl (C=O) groups excluding carboxylic acids is 1. The Bertz CT molecular complexity index is 1150. The van der Waals surface area contributed by atoms with Crippen molar-refractivity contribution < 1.29 is 13.2 Å². The summed E-state index contributed by atoms with van der Waals surface area (Å²) in [6, 6.07) is 15.5. The van der Waals surface area contributed by atoms with Crippen LogP contribution in [0.5, 0.6) is 0 Å². The predicted molar refractivity (Wildman–Crippen MR) is 117 cm³/mol. The van der Waals surface area contributed by atoms with Crippen LogP contribution < -0.4 is 5.32 Å². The maximum absolute atomic E-state index is 13.0. The van der Waals surface area contributed by atoms with Gasteiger partial charge in [-0.3, -0.25) is 4.79 Å². The van der Waals surface area contributed by atoms with Gasteiger partial charge in [-0.05, 0) is 36.9 Å². The van der Waals surface area contributed by atoms with Crippen LogP contribution in [0.1, 0.15) is 17.4 Å². The average molecular weight is 441 g/mol. The average Bonchev–Trinajstić information content (AvgIpc) is 3.30. The van der Waals surface area contributed by atoms with E-state index in [4.69, 9.17) is 0 Å². The second kappa shape index (κ2) is 8.96. The number of nitrogens with zero attached hydrogens (tertiary/aromatic N) is 5. The first-order valence-corrected chi connectivity index (χ1v) is 11.5. The minimum atomic E-state index is -3.63. The van der Waals surface area contributed by atoms with E-state index in [1.54, 1.807) is 18.2 Å². The summed E-state index contributed by atoms with van der Waals surface area (Å²) in [5, 5.41) is 11.0. The highest BCUT2D eigenvalue weighted by molar-refractivity contribution is 7.89. The van der Waals surface area contributed by atoms with Gasteiger partial charge in [-0.25, -0.2) is 8.42 Å². The van der Waals surface area contributed by atoms with Gasteiger partial charge in [-0.2, -0.15) is 14.2 Å². The van der Waals surface area contributed by atoms with Crippen LogP contribution in [0.15, 0.2) is 65.7 Å². The molecule has 31 heavy (non-hydrogen) atoms. The van der Waals surface area contributed by atoms with Crippen LogP contribution in [0.3, 0.4) is 0 Å². The SMILES string of the molecule is CCN1CCN(S(=O)(=O)c2cccc(NC(=O)c3cnn(-c4ccccc4)n3)c2)CC1. The van der Waals surface area contributed by atoms with Crippen LogP contribution in [-0.2, 0) is 10.0 Å². The summed E-state index contributed by atoms with van der Waals surface area (Å²) < 4.78 is 27.5. The Balaban J connectivity index is 1.47. The minimum absolute atomic E-state index is 0.132. The lowest BCUT2D eigenvalue weighted by atomic mass is 10.3. The number of nitrogens with one attached hydrogen (secondary N) is 1. The predicted octanol–water partition coefficient (Wildman–Crippen LogP) is 1.85. The van der Waals surface area contributed by atoms with E-state index >= 15 is 0 Å². The van der Waals surface area contributed by atoms with Gasteiger partial charge in [0.15, 0.2) is 5.69 Å². The molecule has 1 amide bonds. The topological polar surface area (TPSA) is 100 Å². The molecule has 0 atom stereocenters. The van der Waals surface area contributed by atoms with Gasteiger partial charge in [0.1, 0.15) is 0 Å². The maximum Gasteiger partial charge on any atom is 0.277 e.